The smallest absolute Gasteiger partial charge is 0.319 e. The number of hydrogen-bond acceptors (Lipinski definition) is 2. The van der Waals surface area contributed by atoms with Crippen LogP contribution in [0.5, 0.6) is 0 Å². The van der Waals surface area contributed by atoms with E-state index in [0.29, 0.717) is 0 Å². The van der Waals surface area contributed by atoms with Crippen LogP contribution in [0.2, 0.25) is 0 Å². The second kappa shape index (κ2) is 3.19. The number of rotatable bonds is 4. The average molecular weight is 200 g/mol. The molecule has 2 saturated carbocycles. The molecule has 0 heterocycles. The summed E-state index contributed by atoms with van der Waals surface area (Å²) in [4.78, 5) is 11.1. The van der Waals surface area contributed by atoms with Gasteiger partial charge in [0.05, 0.1) is 0 Å². The Labute approximate surface area is 83.1 Å². The van der Waals surface area contributed by atoms with Gasteiger partial charge in [-0.3, -0.25) is 4.79 Å². The quantitative estimate of drug-likeness (QED) is 0.757. The van der Waals surface area contributed by atoms with E-state index in [1.807, 2.05) is 6.92 Å². The predicted octanol–water partition coefficient (Wildman–Crippen LogP) is 2.38. The molecular formula is C10H16O2S. The molecule has 74 valence electrons. The van der Waals surface area contributed by atoms with Crippen molar-refractivity contribution in [2.75, 3.05) is 5.75 Å². The first-order valence-corrected chi connectivity index (χ1v) is 6.04. The van der Waals surface area contributed by atoms with Gasteiger partial charge >= 0.3 is 5.97 Å². The Kier molecular flexibility index (Phi) is 2.30. The van der Waals surface area contributed by atoms with Crippen molar-refractivity contribution in [1.82, 2.24) is 0 Å². The molecule has 2 aliphatic carbocycles. The van der Waals surface area contributed by atoms with Gasteiger partial charge in [0.2, 0.25) is 0 Å². The lowest BCUT2D eigenvalue weighted by Crippen LogP contribution is -2.48. The normalized spacial score (nSPS) is 38.4. The minimum absolute atomic E-state index is 0.401. The van der Waals surface area contributed by atoms with Crippen LogP contribution in [0.3, 0.4) is 0 Å². The summed E-state index contributed by atoms with van der Waals surface area (Å²) < 4.78 is -0.401. The lowest BCUT2D eigenvalue weighted by molar-refractivity contribution is -0.143. The van der Waals surface area contributed by atoms with Gasteiger partial charge < -0.3 is 5.11 Å². The predicted molar refractivity (Wildman–Crippen MR) is 53.9 cm³/mol. The maximum atomic E-state index is 11.1. The van der Waals surface area contributed by atoms with Crippen LogP contribution in [0.25, 0.3) is 0 Å². The summed E-state index contributed by atoms with van der Waals surface area (Å²) in [5.74, 6) is 1.94. The lowest BCUT2D eigenvalue weighted by atomic mass is 9.71. The van der Waals surface area contributed by atoms with E-state index in [-0.39, 0.29) is 0 Å². The fourth-order valence-electron chi connectivity index (χ4n) is 2.32. The van der Waals surface area contributed by atoms with Crippen molar-refractivity contribution in [3.05, 3.63) is 0 Å². The van der Waals surface area contributed by atoms with Gasteiger partial charge in [0.1, 0.15) is 4.75 Å². The number of aliphatic carboxylic acids is 1. The lowest BCUT2D eigenvalue weighted by Gasteiger charge is -2.44. The molecule has 0 aromatic rings. The van der Waals surface area contributed by atoms with Gasteiger partial charge in [0.25, 0.3) is 0 Å². The zero-order valence-electron chi connectivity index (χ0n) is 7.95. The van der Waals surface area contributed by atoms with Crippen LogP contribution in [0.1, 0.15) is 32.6 Å². The molecule has 2 aliphatic rings. The molecule has 0 amide bonds. The molecule has 0 radical (unpaired) electrons. The molecule has 0 atom stereocenters. The van der Waals surface area contributed by atoms with E-state index in [2.05, 4.69) is 0 Å². The fraction of sp³-hybridized carbons (Fsp3) is 0.900. The van der Waals surface area contributed by atoms with Crippen LogP contribution in [-0.2, 0) is 4.79 Å². The average Bonchev–Trinajstić information content (AvgIpc) is 2.77. The summed E-state index contributed by atoms with van der Waals surface area (Å²) in [5, 5.41) is 9.11. The SMILES string of the molecule is CCSC1(C(=O)O)CC(C2CC2)C1. The Morgan fingerprint density at radius 2 is 2.08 bits per heavy atom. The molecule has 0 aromatic carbocycles. The summed E-state index contributed by atoms with van der Waals surface area (Å²) in [6.07, 6.45) is 4.53. The first-order valence-electron chi connectivity index (χ1n) is 5.05. The molecular weight excluding hydrogens is 184 g/mol. The van der Waals surface area contributed by atoms with Crippen LogP contribution in [-0.4, -0.2) is 21.6 Å². The molecule has 0 aromatic heterocycles. The Hall–Kier alpha value is -0.180. The number of thioether (sulfide) groups is 1. The molecule has 2 rings (SSSR count). The highest BCUT2D eigenvalue weighted by Crippen LogP contribution is 2.56. The largest absolute Gasteiger partial charge is 0.480 e. The topological polar surface area (TPSA) is 37.3 Å². The summed E-state index contributed by atoms with van der Waals surface area (Å²) >= 11 is 1.62. The van der Waals surface area contributed by atoms with Gasteiger partial charge in [-0.25, -0.2) is 0 Å². The van der Waals surface area contributed by atoms with Crippen molar-refractivity contribution in [2.24, 2.45) is 11.8 Å². The van der Waals surface area contributed by atoms with Crippen LogP contribution in [0.15, 0.2) is 0 Å². The third-order valence-corrected chi connectivity index (χ3v) is 4.63. The second-order valence-corrected chi connectivity index (χ2v) is 5.89. The van der Waals surface area contributed by atoms with E-state index in [1.165, 1.54) is 12.8 Å². The fourth-order valence-corrected chi connectivity index (χ4v) is 3.66. The monoisotopic (exact) mass is 200 g/mol. The third-order valence-electron chi connectivity index (χ3n) is 3.28. The highest BCUT2D eigenvalue weighted by Gasteiger charge is 2.54. The van der Waals surface area contributed by atoms with Crippen molar-refractivity contribution in [2.45, 2.75) is 37.4 Å². The molecule has 2 fully saturated rings. The van der Waals surface area contributed by atoms with E-state index >= 15 is 0 Å². The number of carbonyl (C=O) groups is 1. The van der Waals surface area contributed by atoms with E-state index in [0.717, 1.165) is 30.4 Å². The van der Waals surface area contributed by atoms with Crippen molar-refractivity contribution < 1.29 is 9.90 Å². The molecule has 0 bridgehead atoms. The van der Waals surface area contributed by atoms with Crippen LogP contribution in [0.4, 0.5) is 0 Å². The highest BCUT2D eigenvalue weighted by atomic mass is 32.2. The summed E-state index contributed by atoms with van der Waals surface area (Å²) in [5.41, 5.74) is 0. The van der Waals surface area contributed by atoms with Crippen LogP contribution in [0, 0.1) is 11.8 Å². The standard InChI is InChI=1S/C10H16O2S/c1-2-13-10(9(11)12)5-8(6-10)7-3-4-7/h7-8H,2-6H2,1H3,(H,11,12). The first-order chi connectivity index (χ1) is 6.18. The van der Waals surface area contributed by atoms with E-state index in [9.17, 15) is 4.79 Å². The molecule has 0 spiro atoms. The third kappa shape index (κ3) is 1.58. The van der Waals surface area contributed by atoms with Gasteiger partial charge in [-0.2, -0.15) is 0 Å². The van der Waals surface area contributed by atoms with E-state index < -0.39 is 10.7 Å². The van der Waals surface area contributed by atoms with Crippen LogP contribution >= 0.6 is 11.8 Å². The van der Waals surface area contributed by atoms with Crippen LogP contribution < -0.4 is 0 Å². The van der Waals surface area contributed by atoms with Gasteiger partial charge in [0, 0.05) is 0 Å². The summed E-state index contributed by atoms with van der Waals surface area (Å²) in [7, 11) is 0. The van der Waals surface area contributed by atoms with E-state index in [1.54, 1.807) is 11.8 Å². The molecule has 0 saturated heterocycles. The van der Waals surface area contributed by atoms with Gasteiger partial charge in [-0.1, -0.05) is 6.92 Å². The van der Waals surface area contributed by atoms with Crippen molar-refractivity contribution in [3.8, 4) is 0 Å². The summed E-state index contributed by atoms with van der Waals surface area (Å²) in [6.45, 7) is 2.04. The number of carboxylic acid groups (broad SMARTS) is 1. The molecule has 3 heteroatoms. The van der Waals surface area contributed by atoms with Gasteiger partial charge in [0.15, 0.2) is 0 Å². The zero-order valence-corrected chi connectivity index (χ0v) is 8.77. The minimum Gasteiger partial charge on any atom is -0.480 e. The summed E-state index contributed by atoms with van der Waals surface area (Å²) in [6, 6.07) is 0. The van der Waals surface area contributed by atoms with E-state index in [4.69, 9.17) is 5.11 Å². The van der Waals surface area contributed by atoms with Crippen molar-refractivity contribution in [3.63, 3.8) is 0 Å². The highest BCUT2D eigenvalue weighted by molar-refractivity contribution is 8.01. The Morgan fingerprint density at radius 1 is 1.46 bits per heavy atom. The van der Waals surface area contributed by atoms with Gasteiger partial charge in [-0.15, -0.1) is 11.8 Å². The number of carboxylic acids is 1. The molecule has 0 unspecified atom stereocenters. The minimum atomic E-state index is -0.587. The molecule has 0 aliphatic heterocycles. The second-order valence-electron chi connectivity index (χ2n) is 4.24. The Bertz CT molecular complexity index is 217. The first kappa shape index (κ1) is 9.38. The Morgan fingerprint density at radius 3 is 2.46 bits per heavy atom. The Balaban J connectivity index is 1.91. The maximum Gasteiger partial charge on any atom is 0.319 e. The molecule has 13 heavy (non-hydrogen) atoms. The molecule has 1 N–H and O–H groups in total. The number of hydrogen-bond donors (Lipinski definition) is 1. The van der Waals surface area contributed by atoms with Crippen molar-refractivity contribution in [1.29, 1.82) is 0 Å². The molecule has 2 nitrogen and oxygen atoms in total. The maximum absolute atomic E-state index is 11.1. The van der Waals surface area contributed by atoms with Crippen molar-refractivity contribution >= 4 is 17.7 Å². The van der Waals surface area contributed by atoms with Gasteiger partial charge in [-0.05, 0) is 43.3 Å². The zero-order chi connectivity index (χ0) is 9.47.